The van der Waals surface area contributed by atoms with Crippen LogP contribution < -0.4 is 16.0 Å². The normalized spacial score (nSPS) is 17.1. The van der Waals surface area contributed by atoms with Gasteiger partial charge >= 0.3 is 6.03 Å². The first-order valence-corrected chi connectivity index (χ1v) is 13.1. The van der Waals surface area contributed by atoms with E-state index in [1.165, 1.54) is 31.0 Å². The number of nitrogens with zero attached hydrogens (tertiary/aromatic N) is 7. The lowest BCUT2D eigenvalue weighted by Gasteiger charge is -2.36. The fraction of sp³-hybridized carbons (Fsp3) is 0.714. The summed E-state index contributed by atoms with van der Waals surface area (Å²) in [5.41, 5.74) is 0. The molecule has 0 spiro atoms. The topological polar surface area (TPSA) is 133 Å². The number of hydrogen-bond donors (Lipinski definition) is 3. The number of amides is 3. The SMILES string of the molecule is CCNc1nc(NCC)n2c(SCC(=O)N3CCN(C(=O)NC4CCCCC4)CC3)nnc2n1. The van der Waals surface area contributed by atoms with Crippen LogP contribution in [0, 0.1) is 0 Å². The van der Waals surface area contributed by atoms with E-state index < -0.39 is 0 Å². The van der Waals surface area contributed by atoms with E-state index in [2.05, 4.69) is 36.1 Å². The van der Waals surface area contributed by atoms with Crippen molar-refractivity contribution in [3.8, 4) is 0 Å². The van der Waals surface area contributed by atoms with E-state index in [-0.39, 0.29) is 17.7 Å². The first kappa shape index (κ1) is 24.3. The fourth-order valence-corrected chi connectivity index (χ4v) is 5.12. The van der Waals surface area contributed by atoms with Crippen molar-refractivity contribution in [2.75, 3.05) is 55.7 Å². The Balaban J connectivity index is 1.30. The third kappa shape index (κ3) is 5.80. The molecule has 0 unspecified atom stereocenters. The molecule has 3 amide bonds. The van der Waals surface area contributed by atoms with Crippen LogP contribution in [0.15, 0.2) is 5.16 Å². The van der Waals surface area contributed by atoms with E-state index in [0.29, 0.717) is 68.1 Å². The van der Waals surface area contributed by atoms with Crippen molar-refractivity contribution in [3.63, 3.8) is 0 Å². The Labute approximate surface area is 203 Å². The van der Waals surface area contributed by atoms with E-state index >= 15 is 0 Å². The molecule has 2 aromatic heterocycles. The summed E-state index contributed by atoms with van der Waals surface area (Å²) >= 11 is 1.31. The molecule has 1 saturated carbocycles. The maximum absolute atomic E-state index is 12.8. The minimum Gasteiger partial charge on any atom is -0.355 e. The van der Waals surface area contributed by atoms with E-state index in [4.69, 9.17) is 0 Å². The van der Waals surface area contributed by atoms with Crippen molar-refractivity contribution in [2.45, 2.75) is 57.1 Å². The second-order valence-corrected chi connectivity index (χ2v) is 9.43. The summed E-state index contributed by atoms with van der Waals surface area (Å²) in [7, 11) is 0. The summed E-state index contributed by atoms with van der Waals surface area (Å²) in [6.45, 7) is 7.50. The van der Waals surface area contributed by atoms with E-state index in [9.17, 15) is 9.59 Å². The zero-order chi connectivity index (χ0) is 23.9. The smallest absolute Gasteiger partial charge is 0.317 e. The van der Waals surface area contributed by atoms with Crippen LogP contribution in [0.1, 0.15) is 46.0 Å². The van der Waals surface area contributed by atoms with E-state index in [1.807, 2.05) is 23.6 Å². The van der Waals surface area contributed by atoms with E-state index in [1.54, 1.807) is 4.40 Å². The molecule has 0 radical (unpaired) electrons. The molecule has 1 saturated heterocycles. The molecule has 34 heavy (non-hydrogen) atoms. The lowest BCUT2D eigenvalue weighted by molar-refractivity contribution is -0.129. The number of urea groups is 1. The van der Waals surface area contributed by atoms with Crippen LogP contribution in [0.4, 0.5) is 16.7 Å². The molecular formula is C21H34N10O2S. The minimum absolute atomic E-state index is 0.00353. The molecule has 4 rings (SSSR count). The minimum atomic E-state index is -0.00353. The number of rotatable bonds is 8. The Morgan fingerprint density at radius 3 is 2.35 bits per heavy atom. The Kier molecular flexibility index (Phi) is 8.25. The zero-order valence-electron chi connectivity index (χ0n) is 19.9. The van der Waals surface area contributed by atoms with Gasteiger partial charge < -0.3 is 25.8 Å². The summed E-state index contributed by atoms with van der Waals surface area (Å²) in [6.07, 6.45) is 5.76. The van der Waals surface area contributed by atoms with Gasteiger partial charge in [-0.05, 0) is 26.7 Å². The van der Waals surface area contributed by atoms with Crippen molar-refractivity contribution in [3.05, 3.63) is 0 Å². The van der Waals surface area contributed by atoms with Crippen LogP contribution in [-0.2, 0) is 4.79 Å². The Bertz CT molecular complexity index is 985. The summed E-state index contributed by atoms with van der Waals surface area (Å²) < 4.78 is 1.73. The number of piperazine rings is 1. The lowest BCUT2D eigenvalue weighted by atomic mass is 9.96. The summed E-state index contributed by atoms with van der Waals surface area (Å²) in [4.78, 5) is 37.9. The zero-order valence-corrected chi connectivity index (χ0v) is 20.7. The second-order valence-electron chi connectivity index (χ2n) is 8.49. The third-order valence-corrected chi connectivity index (χ3v) is 7.01. The molecule has 3 N–H and O–H groups in total. The third-order valence-electron chi connectivity index (χ3n) is 6.09. The summed E-state index contributed by atoms with van der Waals surface area (Å²) in [5, 5.41) is 18.4. The number of thioether (sulfide) groups is 1. The number of carbonyl (C=O) groups excluding carboxylic acids is 2. The predicted octanol–water partition coefficient (Wildman–Crippen LogP) is 1.66. The molecule has 2 fully saturated rings. The van der Waals surface area contributed by atoms with Gasteiger partial charge in [0.2, 0.25) is 17.8 Å². The van der Waals surface area contributed by atoms with Gasteiger partial charge in [-0.3, -0.25) is 4.79 Å². The largest absolute Gasteiger partial charge is 0.355 e. The Morgan fingerprint density at radius 2 is 1.65 bits per heavy atom. The summed E-state index contributed by atoms with van der Waals surface area (Å²) in [6, 6.07) is 0.288. The highest BCUT2D eigenvalue weighted by atomic mass is 32.2. The Morgan fingerprint density at radius 1 is 0.941 bits per heavy atom. The quantitative estimate of drug-likeness (QED) is 0.473. The first-order valence-electron chi connectivity index (χ1n) is 12.2. The molecule has 2 aromatic rings. The average molecular weight is 491 g/mol. The number of hydrogen-bond acceptors (Lipinski definition) is 9. The van der Waals surface area contributed by atoms with Gasteiger partial charge in [-0.25, -0.2) is 9.20 Å². The van der Waals surface area contributed by atoms with Gasteiger partial charge in [0.25, 0.3) is 5.78 Å². The maximum atomic E-state index is 12.8. The van der Waals surface area contributed by atoms with Gasteiger partial charge in [0.05, 0.1) is 5.75 Å². The lowest BCUT2D eigenvalue weighted by Crippen LogP contribution is -2.55. The number of carbonyl (C=O) groups is 2. The van der Waals surface area contributed by atoms with Gasteiger partial charge in [0, 0.05) is 45.3 Å². The van der Waals surface area contributed by atoms with Crippen molar-refractivity contribution in [1.82, 2.24) is 39.7 Å². The van der Waals surface area contributed by atoms with Crippen LogP contribution in [0.3, 0.4) is 0 Å². The van der Waals surface area contributed by atoms with Crippen molar-refractivity contribution >= 4 is 41.4 Å². The molecule has 3 heterocycles. The van der Waals surface area contributed by atoms with Gasteiger partial charge in [0.15, 0.2) is 5.16 Å². The number of nitrogens with one attached hydrogen (secondary N) is 3. The number of aromatic nitrogens is 5. The number of fused-ring (bicyclic) bond motifs is 1. The number of anilines is 2. The van der Waals surface area contributed by atoms with Crippen molar-refractivity contribution in [2.24, 2.45) is 0 Å². The van der Waals surface area contributed by atoms with Gasteiger partial charge in [-0.1, -0.05) is 31.0 Å². The van der Waals surface area contributed by atoms with E-state index in [0.717, 1.165) is 12.8 Å². The fourth-order valence-electron chi connectivity index (χ4n) is 4.29. The van der Waals surface area contributed by atoms with Crippen LogP contribution >= 0.6 is 11.8 Å². The van der Waals surface area contributed by atoms with Crippen molar-refractivity contribution in [1.29, 1.82) is 0 Å². The van der Waals surface area contributed by atoms with Gasteiger partial charge in [0.1, 0.15) is 0 Å². The molecule has 186 valence electrons. The van der Waals surface area contributed by atoms with Crippen LogP contribution in [-0.4, -0.2) is 97.4 Å². The van der Waals surface area contributed by atoms with Crippen LogP contribution in [0.5, 0.6) is 0 Å². The van der Waals surface area contributed by atoms with Gasteiger partial charge in [-0.15, -0.1) is 10.2 Å². The standard InChI is InChI=1S/C21H34N10O2S/c1-3-22-17-25-18(23-4-2)31-19(26-17)27-28-21(31)34-14-16(32)29-10-12-30(13-11-29)20(33)24-15-8-6-5-7-9-15/h15H,3-14H2,1-2H3,(H,24,33)(H2,22,23,25,26,27). The summed E-state index contributed by atoms with van der Waals surface area (Å²) in [5.74, 6) is 1.74. The maximum Gasteiger partial charge on any atom is 0.317 e. The van der Waals surface area contributed by atoms with Crippen LogP contribution in [0.25, 0.3) is 5.78 Å². The predicted molar refractivity (Wildman–Crippen MR) is 131 cm³/mol. The molecule has 2 aliphatic rings. The molecule has 13 heteroatoms. The van der Waals surface area contributed by atoms with Gasteiger partial charge in [-0.2, -0.15) is 9.97 Å². The highest BCUT2D eigenvalue weighted by Crippen LogP contribution is 2.22. The molecular weight excluding hydrogens is 456 g/mol. The molecule has 12 nitrogen and oxygen atoms in total. The van der Waals surface area contributed by atoms with Crippen molar-refractivity contribution < 1.29 is 9.59 Å². The van der Waals surface area contributed by atoms with Crippen LogP contribution in [0.2, 0.25) is 0 Å². The first-order chi connectivity index (χ1) is 16.6. The Hall–Kier alpha value is -2.83. The molecule has 0 aromatic carbocycles. The molecule has 1 aliphatic heterocycles. The molecule has 0 atom stereocenters. The molecule has 1 aliphatic carbocycles. The monoisotopic (exact) mass is 490 g/mol. The highest BCUT2D eigenvalue weighted by molar-refractivity contribution is 7.99. The molecule has 0 bridgehead atoms. The highest BCUT2D eigenvalue weighted by Gasteiger charge is 2.26. The second kappa shape index (κ2) is 11.5. The average Bonchev–Trinajstić information content (AvgIpc) is 3.27.